The van der Waals surface area contributed by atoms with Crippen LogP contribution in [0.25, 0.3) is 17.1 Å². The highest BCUT2D eigenvalue weighted by Gasteiger charge is 2.17. The molecule has 2 heterocycles. The van der Waals surface area contributed by atoms with Crippen molar-refractivity contribution in [3.05, 3.63) is 83.6 Å². The molecule has 0 atom stereocenters. The van der Waals surface area contributed by atoms with Crippen LogP contribution in [-0.2, 0) is 11.8 Å². The second-order valence-electron chi connectivity index (χ2n) is 6.61. The average molecular weight is 451 g/mol. The van der Waals surface area contributed by atoms with Crippen LogP contribution in [0.1, 0.15) is 5.69 Å². The van der Waals surface area contributed by atoms with Gasteiger partial charge in [-0.15, -0.1) is 10.2 Å². The molecule has 0 saturated heterocycles. The third kappa shape index (κ3) is 5.04. The second-order valence-corrected chi connectivity index (χ2v) is 7.99. The van der Waals surface area contributed by atoms with Crippen LogP contribution in [0.3, 0.4) is 0 Å². The summed E-state index contributed by atoms with van der Waals surface area (Å²) >= 11 is 7.32. The van der Waals surface area contributed by atoms with Crippen molar-refractivity contribution in [2.75, 3.05) is 5.75 Å². The zero-order chi connectivity index (χ0) is 21.6. The largest absolute Gasteiger partial charge is 0.350 e. The minimum atomic E-state index is -0.230. The molecule has 0 radical (unpaired) electrons. The van der Waals surface area contributed by atoms with Gasteiger partial charge in [0.05, 0.1) is 17.7 Å². The number of benzene rings is 2. The minimum Gasteiger partial charge on any atom is -0.350 e. The van der Waals surface area contributed by atoms with Crippen LogP contribution in [0, 0.1) is 0 Å². The molecule has 0 bridgehead atoms. The first-order valence-corrected chi connectivity index (χ1v) is 10.8. The average Bonchev–Trinajstić information content (AvgIpc) is 3.39. The lowest BCUT2D eigenvalue weighted by Gasteiger charge is -2.10. The van der Waals surface area contributed by atoms with E-state index in [4.69, 9.17) is 11.6 Å². The summed E-state index contributed by atoms with van der Waals surface area (Å²) in [5.41, 5.74) is 5.22. The van der Waals surface area contributed by atoms with Crippen molar-refractivity contribution in [2.24, 2.45) is 12.1 Å². The van der Waals surface area contributed by atoms with Crippen molar-refractivity contribution < 1.29 is 4.79 Å². The van der Waals surface area contributed by atoms with E-state index in [0.29, 0.717) is 16.0 Å². The first-order valence-electron chi connectivity index (χ1n) is 9.44. The zero-order valence-electron chi connectivity index (χ0n) is 16.6. The molecule has 2 aromatic heterocycles. The number of hydrogen-bond acceptors (Lipinski definition) is 5. The number of aryl methyl sites for hydroxylation is 1. The Labute approximate surface area is 188 Å². The molecule has 2 aromatic carbocycles. The van der Waals surface area contributed by atoms with Gasteiger partial charge in [-0.1, -0.05) is 41.6 Å². The first-order chi connectivity index (χ1) is 15.1. The van der Waals surface area contributed by atoms with Crippen molar-refractivity contribution in [3.63, 3.8) is 0 Å². The lowest BCUT2D eigenvalue weighted by molar-refractivity contribution is -0.118. The van der Waals surface area contributed by atoms with Crippen LogP contribution in [-0.4, -0.2) is 37.2 Å². The first kappa shape index (κ1) is 20.9. The fourth-order valence-corrected chi connectivity index (χ4v) is 3.77. The molecule has 0 saturated carbocycles. The topological polar surface area (TPSA) is 77.1 Å². The summed E-state index contributed by atoms with van der Waals surface area (Å²) in [6.45, 7) is 0. The predicted molar refractivity (Wildman–Crippen MR) is 124 cm³/mol. The van der Waals surface area contributed by atoms with Gasteiger partial charge in [0.1, 0.15) is 0 Å². The summed E-state index contributed by atoms with van der Waals surface area (Å²) < 4.78 is 3.83. The number of nitrogens with one attached hydrogen (secondary N) is 1. The predicted octanol–water partition coefficient (Wildman–Crippen LogP) is 4.17. The lowest BCUT2D eigenvalue weighted by Crippen LogP contribution is -2.20. The van der Waals surface area contributed by atoms with E-state index in [0.717, 1.165) is 16.9 Å². The van der Waals surface area contributed by atoms with Crippen LogP contribution < -0.4 is 5.43 Å². The van der Waals surface area contributed by atoms with E-state index in [1.165, 1.54) is 11.8 Å². The zero-order valence-corrected chi connectivity index (χ0v) is 18.2. The number of halogens is 1. The quantitative estimate of drug-likeness (QED) is 0.260. The summed E-state index contributed by atoms with van der Waals surface area (Å²) in [5.74, 6) is 0.592. The molecule has 0 unspecified atom stereocenters. The van der Waals surface area contributed by atoms with Gasteiger partial charge >= 0.3 is 0 Å². The molecular formula is C22H19ClN6OS. The summed E-state index contributed by atoms with van der Waals surface area (Å²) in [6, 6.07) is 21.0. The molecule has 0 aliphatic carbocycles. The van der Waals surface area contributed by atoms with Crippen LogP contribution >= 0.6 is 23.4 Å². The van der Waals surface area contributed by atoms with Crippen molar-refractivity contribution in [1.82, 2.24) is 24.8 Å². The Morgan fingerprint density at radius 3 is 2.58 bits per heavy atom. The molecule has 1 N–H and O–H groups in total. The smallest absolute Gasteiger partial charge is 0.250 e. The number of nitrogens with zero attached hydrogens (tertiary/aromatic N) is 5. The van der Waals surface area contributed by atoms with Gasteiger partial charge in [-0.2, -0.15) is 5.10 Å². The number of amides is 1. The number of thioether (sulfide) groups is 1. The highest BCUT2D eigenvalue weighted by molar-refractivity contribution is 7.99. The summed E-state index contributed by atoms with van der Waals surface area (Å²) in [4.78, 5) is 12.3. The van der Waals surface area contributed by atoms with Crippen LogP contribution in [0.4, 0.5) is 0 Å². The Balaban J connectivity index is 1.51. The SMILES string of the molecule is Cn1cccc1C=NNC(=O)CSc1nnc(-c2ccc(Cl)cc2)n1-c1ccccc1. The van der Waals surface area contributed by atoms with Gasteiger partial charge in [-0.05, 0) is 48.5 Å². The maximum atomic E-state index is 12.3. The van der Waals surface area contributed by atoms with Gasteiger partial charge < -0.3 is 4.57 Å². The molecular weight excluding hydrogens is 432 g/mol. The van der Waals surface area contributed by atoms with Gasteiger partial charge in [0, 0.05) is 29.5 Å². The standard InChI is InChI=1S/C22H19ClN6OS/c1-28-13-5-8-19(28)14-24-25-20(30)15-31-22-27-26-21(16-9-11-17(23)12-10-16)29(22)18-6-3-2-4-7-18/h2-14H,15H2,1H3,(H,25,30). The third-order valence-electron chi connectivity index (χ3n) is 4.45. The molecule has 0 spiro atoms. The third-order valence-corrected chi connectivity index (χ3v) is 5.63. The number of carbonyl (C=O) groups excluding carboxylic acids is 1. The number of hydrogen-bond donors (Lipinski definition) is 1. The summed E-state index contributed by atoms with van der Waals surface area (Å²) in [5, 5.41) is 14.0. The fraction of sp³-hybridized carbons (Fsp3) is 0.0909. The van der Waals surface area contributed by atoms with Gasteiger partial charge in [-0.25, -0.2) is 5.43 Å². The lowest BCUT2D eigenvalue weighted by atomic mass is 10.2. The van der Waals surface area contributed by atoms with Crippen LogP contribution in [0.2, 0.25) is 5.02 Å². The normalized spacial score (nSPS) is 11.2. The maximum absolute atomic E-state index is 12.3. The highest BCUT2D eigenvalue weighted by Crippen LogP contribution is 2.28. The van der Waals surface area contributed by atoms with Gasteiger partial charge in [0.15, 0.2) is 11.0 Å². The van der Waals surface area contributed by atoms with E-state index in [1.807, 2.05) is 89.1 Å². The van der Waals surface area contributed by atoms with E-state index in [2.05, 4.69) is 20.7 Å². The molecule has 31 heavy (non-hydrogen) atoms. The molecule has 0 fully saturated rings. The molecule has 7 nitrogen and oxygen atoms in total. The summed E-state index contributed by atoms with van der Waals surface area (Å²) in [6.07, 6.45) is 3.52. The number of aromatic nitrogens is 4. The molecule has 4 aromatic rings. The van der Waals surface area contributed by atoms with E-state index in [-0.39, 0.29) is 11.7 Å². The molecule has 1 amide bonds. The summed E-state index contributed by atoms with van der Waals surface area (Å²) in [7, 11) is 1.91. The monoisotopic (exact) mass is 450 g/mol. The number of rotatable bonds is 7. The molecule has 156 valence electrons. The van der Waals surface area contributed by atoms with Crippen molar-refractivity contribution in [2.45, 2.75) is 5.16 Å². The van der Waals surface area contributed by atoms with Crippen LogP contribution in [0.5, 0.6) is 0 Å². The van der Waals surface area contributed by atoms with Gasteiger partial charge in [0.2, 0.25) is 0 Å². The Morgan fingerprint density at radius 2 is 1.87 bits per heavy atom. The number of para-hydroxylation sites is 1. The van der Waals surface area contributed by atoms with E-state index in [9.17, 15) is 4.79 Å². The number of carbonyl (C=O) groups is 1. The van der Waals surface area contributed by atoms with Crippen molar-refractivity contribution in [3.8, 4) is 17.1 Å². The Morgan fingerprint density at radius 1 is 1.10 bits per heavy atom. The van der Waals surface area contributed by atoms with Gasteiger partial charge in [0.25, 0.3) is 5.91 Å². The Hall–Kier alpha value is -3.36. The fourth-order valence-electron chi connectivity index (χ4n) is 2.90. The van der Waals surface area contributed by atoms with E-state index in [1.54, 1.807) is 6.21 Å². The van der Waals surface area contributed by atoms with Crippen molar-refractivity contribution in [1.29, 1.82) is 0 Å². The van der Waals surface area contributed by atoms with Gasteiger partial charge in [-0.3, -0.25) is 9.36 Å². The Bertz CT molecular complexity index is 1200. The highest BCUT2D eigenvalue weighted by atomic mass is 35.5. The van der Waals surface area contributed by atoms with Crippen LogP contribution in [0.15, 0.2) is 83.2 Å². The number of hydrazone groups is 1. The maximum Gasteiger partial charge on any atom is 0.250 e. The van der Waals surface area contributed by atoms with Crippen molar-refractivity contribution >= 4 is 35.5 Å². The molecule has 9 heteroatoms. The minimum absolute atomic E-state index is 0.149. The molecule has 0 aliphatic rings. The Kier molecular flexibility index (Phi) is 6.49. The van der Waals surface area contributed by atoms with E-state index < -0.39 is 0 Å². The second kappa shape index (κ2) is 9.63. The van der Waals surface area contributed by atoms with E-state index >= 15 is 0 Å². The molecule has 0 aliphatic heterocycles. The molecule has 4 rings (SSSR count).